The molecule has 0 aliphatic carbocycles. The number of sulfone groups is 1. The van der Waals surface area contributed by atoms with Crippen molar-refractivity contribution in [1.29, 1.82) is 0 Å². The third-order valence-corrected chi connectivity index (χ3v) is 5.68. The molecule has 1 aromatic heterocycles. The molecule has 6 nitrogen and oxygen atoms in total. The van der Waals surface area contributed by atoms with Crippen LogP contribution in [0.2, 0.25) is 5.02 Å². The summed E-state index contributed by atoms with van der Waals surface area (Å²) < 4.78 is 30.2. The Hall–Kier alpha value is -2.90. The van der Waals surface area contributed by atoms with E-state index in [1.807, 2.05) is 0 Å². The van der Waals surface area contributed by atoms with Gasteiger partial charge in [-0.2, -0.15) is 0 Å². The highest BCUT2D eigenvalue weighted by Crippen LogP contribution is 2.21. The van der Waals surface area contributed by atoms with Gasteiger partial charge in [0.05, 0.1) is 17.6 Å². The lowest BCUT2D eigenvalue weighted by Gasteiger charge is -2.07. The maximum Gasteiger partial charge on any atom is 0.257 e. The number of benzene rings is 2. The number of ether oxygens (including phenoxy) is 1. The van der Waals surface area contributed by atoms with Crippen LogP contribution in [-0.2, 0) is 9.84 Å². The van der Waals surface area contributed by atoms with E-state index in [0.717, 1.165) is 0 Å². The number of rotatable bonds is 5. The van der Waals surface area contributed by atoms with E-state index in [1.165, 1.54) is 42.6 Å². The van der Waals surface area contributed by atoms with Crippen molar-refractivity contribution in [3.8, 4) is 5.75 Å². The smallest absolute Gasteiger partial charge is 0.257 e. The zero-order valence-electron chi connectivity index (χ0n) is 14.2. The Morgan fingerprint density at radius 1 is 1.00 bits per heavy atom. The Bertz CT molecular complexity index is 1050. The minimum absolute atomic E-state index is 0.0786. The maximum absolute atomic E-state index is 12.6. The summed E-state index contributed by atoms with van der Waals surface area (Å²) in [5, 5.41) is 3.00. The number of pyridine rings is 1. The number of hydrogen-bond donors (Lipinski definition) is 1. The standard InChI is InChI=1S/C19H15ClN2O4S/c1-26-16-7-5-15(6-8-16)22-19(23)13-2-11-18(21-12-13)27(24,25)17-9-3-14(20)4-10-17/h2-12H,1H3,(H,22,23). The SMILES string of the molecule is COc1ccc(NC(=O)c2ccc(S(=O)(=O)c3ccc(Cl)cc3)nc2)cc1. The van der Waals surface area contributed by atoms with E-state index < -0.39 is 15.7 Å². The highest BCUT2D eigenvalue weighted by molar-refractivity contribution is 7.91. The zero-order chi connectivity index (χ0) is 19.4. The molecule has 0 fully saturated rings. The second-order valence-electron chi connectivity index (χ2n) is 5.53. The summed E-state index contributed by atoms with van der Waals surface area (Å²) in [6.07, 6.45) is 1.22. The van der Waals surface area contributed by atoms with Crippen molar-refractivity contribution in [2.45, 2.75) is 9.92 Å². The predicted octanol–water partition coefficient (Wildman–Crippen LogP) is 3.83. The number of aromatic nitrogens is 1. The van der Waals surface area contributed by atoms with Crippen LogP contribution in [0.25, 0.3) is 0 Å². The average molecular weight is 403 g/mol. The Morgan fingerprint density at radius 2 is 1.67 bits per heavy atom. The molecule has 3 rings (SSSR count). The quantitative estimate of drug-likeness (QED) is 0.701. The molecule has 0 saturated carbocycles. The number of methoxy groups -OCH3 is 1. The van der Waals surface area contributed by atoms with Crippen LogP contribution in [0, 0.1) is 0 Å². The number of nitrogens with zero attached hydrogens (tertiary/aromatic N) is 1. The fraction of sp³-hybridized carbons (Fsp3) is 0.0526. The lowest BCUT2D eigenvalue weighted by atomic mass is 10.2. The molecule has 1 N–H and O–H groups in total. The van der Waals surface area contributed by atoms with Crippen molar-refractivity contribution in [2.75, 3.05) is 12.4 Å². The molecule has 0 bridgehead atoms. The molecule has 0 saturated heterocycles. The number of carbonyl (C=O) groups is 1. The minimum atomic E-state index is -3.78. The molecule has 0 aliphatic heterocycles. The third-order valence-electron chi connectivity index (χ3n) is 3.75. The van der Waals surface area contributed by atoms with Crippen molar-refractivity contribution in [1.82, 2.24) is 4.98 Å². The molecule has 8 heteroatoms. The third kappa shape index (κ3) is 4.27. The van der Waals surface area contributed by atoms with E-state index in [9.17, 15) is 13.2 Å². The second kappa shape index (κ2) is 7.77. The van der Waals surface area contributed by atoms with E-state index in [1.54, 1.807) is 31.4 Å². The number of halogens is 1. The molecule has 27 heavy (non-hydrogen) atoms. The lowest BCUT2D eigenvalue weighted by Crippen LogP contribution is -2.13. The van der Waals surface area contributed by atoms with Crippen LogP contribution in [0.15, 0.2) is 76.8 Å². The van der Waals surface area contributed by atoms with Crippen LogP contribution in [0.1, 0.15) is 10.4 Å². The number of anilines is 1. The second-order valence-corrected chi connectivity index (χ2v) is 7.86. The van der Waals surface area contributed by atoms with Crippen LogP contribution in [0.3, 0.4) is 0 Å². The zero-order valence-corrected chi connectivity index (χ0v) is 15.8. The van der Waals surface area contributed by atoms with Gasteiger partial charge in [0, 0.05) is 16.9 Å². The van der Waals surface area contributed by atoms with Gasteiger partial charge in [0.1, 0.15) is 5.75 Å². The Kier molecular flexibility index (Phi) is 5.43. The highest BCUT2D eigenvalue weighted by atomic mass is 35.5. The Labute approximate surface area is 161 Å². The normalized spacial score (nSPS) is 11.0. The summed E-state index contributed by atoms with van der Waals surface area (Å²) in [4.78, 5) is 16.3. The summed E-state index contributed by atoms with van der Waals surface area (Å²) in [6.45, 7) is 0. The molecule has 0 radical (unpaired) electrons. The molecule has 0 spiro atoms. The van der Waals surface area contributed by atoms with Crippen molar-refractivity contribution in [2.24, 2.45) is 0 Å². The fourth-order valence-corrected chi connectivity index (χ4v) is 3.59. The van der Waals surface area contributed by atoms with Gasteiger partial charge >= 0.3 is 0 Å². The van der Waals surface area contributed by atoms with Crippen molar-refractivity contribution >= 4 is 33.0 Å². The molecule has 0 unspecified atom stereocenters. The first kappa shape index (κ1) is 18.9. The van der Waals surface area contributed by atoms with Gasteiger partial charge in [-0.25, -0.2) is 13.4 Å². The molecule has 0 atom stereocenters. The fourth-order valence-electron chi connectivity index (χ4n) is 2.29. The van der Waals surface area contributed by atoms with Gasteiger partial charge in [0.25, 0.3) is 5.91 Å². The summed E-state index contributed by atoms with van der Waals surface area (Å²) in [5.74, 6) is 0.273. The molecule has 0 aliphatic rings. The summed E-state index contributed by atoms with van der Waals surface area (Å²) >= 11 is 5.78. The molecule has 1 heterocycles. The lowest BCUT2D eigenvalue weighted by molar-refractivity contribution is 0.102. The highest BCUT2D eigenvalue weighted by Gasteiger charge is 2.19. The van der Waals surface area contributed by atoms with Gasteiger partial charge in [-0.15, -0.1) is 0 Å². The van der Waals surface area contributed by atoms with Gasteiger partial charge in [0.2, 0.25) is 9.84 Å². The molecule has 2 aromatic carbocycles. The predicted molar refractivity (Wildman–Crippen MR) is 102 cm³/mol. The molecular weight excluding hydrogens is 388 g/mol. The van der Waals surface area contributed by atoms with Gasteiger partial charge in [-0.1, -0.05) is 11.6 Å². The Morgan fingerprint density at radius 3 is 2.22 bits per heavy atom. The van der Waals surface area contributed by atoms with Crippen molar-refractivity contribution < 1.29 is 17.9 Å². The number of carbonyl (C=O) groups excluding carboxylic acids is 1. The van der Waals surface area contributed by atoms with Crippen LogP contribution < -0.4 is 10.1 Å². The molecular formula is C19H15ClN2O4S. The van der Waals surface area contributed by atoms with Crippen LogP contribution in [-0.4, -0.2) is 26.4 Å². The minimum Gasteiger partial charge on any atom is -0.497 e. The van der Waals surface area contributed by atoms with Crippen molar-refractivity contribution in [3.63, 3.8) is 0 Å². The number of hydrogen-bond acceptors (Lipinski definition) is 5. The van der Waals surface area contributed by atoms with Gasteiger partial charge in [-0.05, 0) is 60.7 Å². The molecule has 1 amide bonds. The topological polar surface area (TPSA) is 85.4 Å². The Balaban J connectivity index is 1.77. The van der Waals surface area contributed by atoms with Crippen LogP contribution >= 0.6 is 11.6 Å². The van der Waals surface area contributed by atoms with Gasteiger partial charge in [0.15, 0.2) is 5.03 Å². The number of nitrogens with one attached hydrogen (secondary N) is 1. The number of amides is 1. The summed E-state index contributed by atoms with van der Waals surface area (Å²) in [7, 11) is -2.23. The summed E-state index contributed by atoms with van der Waals surface area (Å²) in [6, 6.07) is 15.3. The van der Waals surface area contributed by atoms with E-state index in [2.05, 4.69) is 10.3 Å². The van der Waals surface area contributed by atoms with Gasteiger partial charge < -0.3 is 10.1 Å². The monoisotopic (exact) mass is 402 g/mol. The molecule has 138 valence electrons. The molecule has 3 aromatic rings. The van der Waals surface area contributed by atoms with E-state index >= 15 is 0 Å². The first-order chi connectivity index (χ1) is 12.9. The van der Waals surface area contributed by atoms with Crippen LogP contribution in [0.4, 0.5) is 5.69 Å². The van der Waals surface area contributed by atoms with Gasteiger partial charge in [-0.3, -0.25) is 4.79 Å². The first-order valence-corrected chi connectivity index (χ1v) is 9.68. The van der Waals surface area contributed by atoms with Crippen LogP contribution in [0.5, 0.6) is 5.75 Å². The van der Waals surface area contributed by atoms with Crippen molar-refractivity contribution in [3.05, 3.63) is 77.4 Å². The summed E-state index contributed by atoms with van der Waals surface area (Å²) in [5.41, 5.74) is 0.819. The largest absolute Gasteiger partial charge is 0.497 e. The average Bonchev–Trinajstić information content (AvgIpc) is 2.69. The van der Waals surface area contributed by atoms with E-state index in [0.29, 0.717) is 16.5 Å². The van der Waals surface area contributed by atoms with E-state index in [4.69, 9.17) is 16.3 Å². The maximum atomic E-state index is 12.6. The van der Waals surface area contributed by atoms with E-state index in [-0.39, 0.29) is 15.5 Å². The first-order valence-electron chi connectivity index (χ1n) is 7.82.